The van der Waals surface area contributed by atoms with Crippen molar-refractivity contribution < 1.29 is 18.6 Å². The first-order valence-electron chi connectivity index (χ1n) is 7.10. The van der Waals surface area contributed by atoms with Gasteiger partial charge in [0.2, 0.25) is 0 Å². The number of para-hydroxylation sites is 3. The number of hydrogen-bond donors (Lipinski definition) is 0. The Morgan fingerprint density at radius 3 is 2.09 bits per heavy atom. The second-order valence-corrected chi connectivity index (χ2v) is 4.63. The van der Waals surface area contributed by atoms with Gasteiger partial charge in [0.25, 0.3) is 11.8 Å². The Hall–Kier alpha value is -3.02. The minimum atomic E-state index is 0.165. The molecule has 0 atom stereocenters. The highest BCUT2D eigenvalue weighted by molar-refractivity contribution is 5.39. The molecule has 118 valence electrons. The summed E-state index contributed by atoms with van der Waals surface area (Å²) in [5, 5.41) is 7.87. The fourth-order valence-corrected chi connectivity index (χ4v) is 1.94. The van der Waals surface area contributed by atoms with Crippen LogP contribution in [0.4, 0.5) is 0 Å². The van der Waals surface area contributed by atoms with Crippen LogP contribution in [-0.4, -0.2) is 17.3 Å². The van der Waals surface area contributed by atoms with Crippen LogP contribution >= 0.6 is 0 Å². The highest BCUT2D eigenvalue weighted by Gasteiger charge is 2.09. The monoisotopic (exact) mass is 312 g/mol. The fourth-order valence-electron chi connectivity index (χ4n) is 1.94. The first-order valence-corrected chi connectivity index (χ1v) is 7.10. The van der Waals surface area contributed by atoms with Crippen molar-refractivity contribution in [3.8, 4) is 17.2 Å². The Labute approximate surface area is 133 Å². The van der Waals surface area contributed by atoms with E-state index in [2.05, 4.69) is 10.2 Å². The van der Waals surface area contributed by atoms with Gasteiger partial charge in [-0.1, -0.05) is 30.3 Å². The molecular formula is C17H16N2O4. The van der Waals surface area contributed by atoms with E-state index < -0.39 is 0 Å². The van der Waals surface area contributed by atoms with E-state index in [4.69, 9.17) is 18.6 Å². The lowest BCUT2D eigenvalue weighted by molar-refractivity contribution is 0.226. The summed E-state index contributed by atoms with van der Waals surface area (Å²) in [6, 6.07) is 16.8. The standard InChI is InChI=1S/C17H16N2O4/c1-20-14-9-5-6-10-15(14)22-12-17-19-18-16(23-17)11-21-13-7-3-2-4-8-13/h2-10H,11-12H2,1H3. The molecule has 0 spiro atoms. The van der Waals surface area contributed by atoms with Crippen molar-refractivity contribution in [3.63, 3.8) is 0 Å². The van der Waals surface area contributed by atoms with Gasteiger partial charge in [-0.2, -0.15) is 0 Å². The number of hydrogen-bond acceptors (Lipinski definition) is 6. The number of nitrogens with zero attached hydrogens (tertiary/aromatic N) is 2. The first-order chi connectivity index (χ1) is 11.3. The summed E-state index contributed by atoms with van der Waals surface area (Å²) in [6.07, 6.45) is 0. The van der Waals surface area contributed by atoms with Gasteiger partial charge in [-0.3, -0.25) is 0 Å². The van der Waals surface area contributed by atoms with Gasteiger partial charge in [0.05, 0.1) is 7.11 Å². The molecule has 0 N–H and O–H groups in total. The van der Waals surface area contributed by atoms with Crippen LogP contribution in [0.5, 0.6) is 17.2 Å². The van der Waals surface area contributed by atoms with E-state index in [-0.39, 0.29) is 13.2 Å². The molecule has 0 bridgehead atoms. The van der Waals surface area contributed by atoms with Crippen molar-refractivity contribution in [1.29, 1.82) is 0 Å². The summed E-state index contributed by atoms with van der Waals surface area (Å²) in [5.74, 6) is 2.79. The quantitative estimate of drug-likeness (QED) is 0.667. The Morgan fingerprint density at radius 1 is 0.783 bits per heavy atom. The van der Waals surface area contributed by atoms with E-state index in [9.17, 15) is 0 Å². The van der Waals surface area contributed by atoms with E-state index in [1.54, 1.807) is 7.11 Å². The molecule has 6 nitrogen and oxygen atoms in total. The smallest absolute Gasteiger partial charge is 0.254 e. The average Bonchev–Trinajstić information content (AvgIpc) is 3.07. The molecule has 3 aromatic rings. The van der Waals surface area contributed by atoms with Crippen molar-refractivity contribution in [2.24, 2.45) is 0 Å². The third-order valence-corrected chi connectivity index (χ3v) is 3.03. The van der Waals surface area contributed by atoms with Crippen LogP contribution < -0.4 is 14.2 Å². The van der Waals surface area contributed by atoms with E-state index >= 15 is 0 Å². The van der Waals surface area contributed by atoms with E-state index in [0.29, 0.717) is 23.3 Å². The highest BCUT2D eigenvalue weighted by Crippen LogP contribution is 2.26. The summed E-state index contributed by atoms with van der Waals surface area (Å²) >= 11 is 0. The fraction of sp³-hybridized carbons (Fsp3) is 0.176. The van der Waals surface area contributed by atoms with Crippen LogP contribution in [0.25, 0.3) is 0 Å². The lowest BCUT2D eigenvalue weighted by atomic mass is 10.3. The molecule has 0 aliphatic carbocycles. The van der Waals surface area contributed by atoms with Crippen LogP contribution in [0.15, 0.2) is 59.0 Å². The normalized spacial score (nSPS) is 10.3. The maximum Gasteiger partial charge on any atom is 0.254 e. The maximum absolute atomic E-state index is 5.63. The Kier molecular flexibility index (Phi) is 4.73. The lowest BCUT2D eigenvalue weighted by Gasteiger charge is -2.08. The molecule has 6 heteroatoms. The van der Waals surface area contributed by atoms with E-state index in [0.717, 1.165) is 5.75 Å². The Bertz CT molecular complexity index is 743. The number of ether oxygens (including phenoxy) is 3. The molecule has 1 aromatic heterocycles. The number of rotatable bonds is 7. The van der Waals surface area contributed by atoms with Gasteiger partial charge in [0, 0.05) is 0 Å². The molecule has 3 rings (SSSR count). The molecular weight excluding hydrogens is 296 g/mol. The minimum absolute atomic E-state index is 0.165. The van der Waals surface area contributed by atoms with Gasteiger partial charge < -0.3 is 18.6 Å². The van der Waals surface area contributed by atoms with Crippen LogP contribution in [0.3, 0.4) is 0 Å². The first kappa shape index (κ1) is 14.9. The van der Waals surface area contributed by atoms with Crippen LogP contribution in [0.1, 0.15) is 11.8 Å². The van der Waals surface area contributed by atoms with E-state index in [1.807, 2.05) is 54.6 Å². The second-order valence-electron chi connectivity index (χ2n) is 4.63. The zero-order valence-electron chi connectivity index (χ0n) is 12.6. The number of aromatic nitrogens is 2. The zero-order valence-corrected chi connectivity index (χ0v) is 12.6. The van der Waals surface area contributed by atoms with Gasteiger partial charge in [0.15, 0.2) is 24.7 Å². The predicted octanol–water partition coefficient (Wildman–Crippen LogP) is 3.24. The summed E-state index contributed by atoms with van der Waals surface area (Å²) in [5.41, 5.74) is 0. The molecule has 0 saturated heterocycles. The Balaban J connectivity index is 1.55. The van der Waals surface area contributed by atoms with Crippen LogP contribution in [-0.2, 0) is 13.2 Å². The van der Waals surface area contributed by atoms with Crippen LogP contribution in [0.2, 0.25) is 0 Å². The molecule has 2 aromatic carbocycles. The summed E-state index contributed by atoms with van der Waals surface area (Å²) < 4.78 is 21.9. The zero-order chi connectivity index (χ0) is 15.9. The maximum atomic E-state index is 5.63. The molecule has 0 fully saturated rings. The van der Waals surface area contributed by atoms with Gasteiger partial charge >= 0.3 is 0 Å². The highest BCUT2D eigenvalue weighted by atomic mass is 16.5. The Morgan fingerprint density at radius 2 is 1.39 bits per heavy atom. The molecule has 23 heavy (non-hydrogen) atoms. The minimum Gasteiger partial charge on any atom is -0.493 e. The molecule has 0 aliphatic heterocycles. The van der Waals surface area contributed by atoms with Gasteiger partial charge in [-0.05, 0) is 24.3 Å². The summed E-state index contributed by atoms with van der Waals surface area (Å²) in [7, 11) is 1.59. The van der Waals surface area contributed by atoms with Crippen molar-refractivity contribution in [1.82, 2.24) is 10.2 Å². The third kappa shape index (κ3) is 4.00. The molecule has 0 amide bonds. The molecule has 0 aliphatic rings. The van der Waals surface area contributed by atoms with Gasteiger partial charge in [-0.25, -0.2) is 0 Å². The lowest BCUT2D eigenvalue weighted by Crippen LogP contribution is -1.97. The topological polar surface area (TPSA) is 66.6 Å². The third-order valence-electron chi connectivity index (χ3n) is 3.03. The predicted molar refractivity (Wildman–Crippen MR) is 82.4 cm³/mol. The average molecular weight is 312 g/mol. The second kappa shape index (κ2) is 7.31. The van der Waals surface area contributed by atoms with Gasteiger partial charge in [-0.15, -0.1) is 10.2 Å². The summed E-state index contributed by atoms with van der Waals surface area (Å²) in [6.45, 7) is 0.379. The SMILES string of the molecule is COc1ccccc1OCc1nnc(COc2ccccc2)o1. The molecule has 0 unspecified atom stereocenters. The van der Waals surface area contributed by atoms with Crippen molar-refractivity contribution in [2.75, 3.05) is 7.11 Å². The largest absolute Gasteiger partial charge is 0.493 e. The van der Waals surface area contributed by atoms with Crippen molar-refractivity contribution in [2.45, 2.75) is 13.2 Å². The van der Waals surface area contributed by atoms with E-state index in [1.165, 1.54) is 0 Å². The van der Waals surface area contributed by atoms with Crippen molar-refractivity contribution in [3.05, 3.63) is 66.4 Å². The molecule has 0 saturated carbocycles. The van der Waals surface area contributed by atoms with Gasteiger partial charge in [0.1, 0.15) is 5.75 Å². The molecule has 0 radical (unpaired) electrons. The number of methoxy groups -OCH3 is 1. The molecule has 1 heterocycles. The van der Waals surface area contributed by atoms with Crippen LogP contribution in [0, 0.1) is 0 Å². The summed E-state index contributed by atoms with van der Waals surface area (Å²) in [4.78, 5) is 0. The number of benzene rings is 2. The van der Waals surface area contributed by atoms with Crippen molar-refractivity contribution >= 4 is 0 Å².